The largest absolute Gasteiger partial charge is 0.515 e. The molecule has 1 heterocycles. The molecule has 1 aliphatic heterocycles. The zero-order valence-electron chi connectivity index (χ0n) is 14.2. The molecule has 1 spiro atoms. The van der Waals surface area contributed by atoms with Crippen LogP contribution in [-0.4, -0.2) is 34.8 Å². The second-order valence-electron chi connectivity index (χ2n) is 7.66. The Balaban J connectivity index is 1.98. The summed E-state index contributed by atoms with van der Waals surface area (Å²) < 4.78 is 0. The van der Waals surface area contributed by atoms with E-state index < -0.39 is 10.8 Å². The molecular weight excluding hydrogens is 302 g/mol. The van der Waals surface area contributed by atoms with Crippen LogP contribution in [0.25, 0.3) is 0 Å². The Bertz CT molecular complexity index is 755. The molecule has 1 N–H and O–H groups in total. The van der Waals surface area contributed by atoms with Crippen molar-refractivity contribution in [2.45, 2.75) is 38.5 Å². The second kappa shape index (κ2) is 4.71. The smallest absolute Gasteiger partial charge is 0.234 e. The van der Waals surface area contributed by atoms with Gasteiger partial charge in [0.1, 0.15) is 0 Å². The molecule has 0 radical (unpaired) electrons. The van der Waals surface area contributed by atoms with Gasteiger partial charge in [0, 0.05) is 29.5 Å². The molecule has 3 atom stereocenters. The first-order valence-electron chi connectivity index (χ1n) is 8.70. The Hall–Kier alpha value is -2.10. The highest BCUT2D eigenvalue weighted by molar-refractivity contribution is 6.08. The lowest BCUT2D eigenvalue weighted by Gasteiger charge is -2.52. The number of allylic oxidation sites excluding steroid dienone is 1. The summed E-state index contributed by atoms with van der Waals surface area (Å²) in [5, 5.41) is 9.66. The van der Waals surface area contributed by atoms with Crippen molar-refractivity contribution in [2.75, 3.05) is 13.1 Å². The van der Waals surface area contributed by atoms with E-state index in [2.05, 4.69) is 0 Å². The van der Waals surface area contributed by atoms with Crippen LogP contribution >= 0.6 is 0 Å². The van der Waals surface area contributed by atoms with Gasteiger partial charge in [0.15, 0.2) is 5.78 Å². The number of nitrogens with zero attached hydrogens (tertiary/aromatic N) is 1. The number of benzene rings is 1. The molecule has 3 aliphatic rings. The zero-order chi connectivity index (χ0) is 17.2. The summed E-state index contributed by atoms with van der Waals surface area (Å²) in [7, 11) is 0. The summed E-state index contributed by atoms with van der Waals surface area (Å²) >= 11 is 0. The molecule has 1 aromatic rings. The van der Waals surface area contributed by atoms with E-state index in [1.54, 1.807) is 0 Å². The molecule has 4 rings (SSSR count). The topological polar surface area (TPSA) is 57.6 Å². The number of rotatable bonds is 2. The fourth-order valence-corrected chi connectivity index (χ4v) is 5.55. The van der Waals surface area contributed by atoms with Crippen molar-refractivity contribution in [3.05, 3.63) is 47.7 Å². The lowest BCUT2D eigenvalue weighted by molar-refractivity contribution is -0.149. The van der Waals surface area contributed by atoms with Crippen LogP contribution in [0.1, 0.15) is 38.7 Å². The minimum absolute atomic E-state index is 0.0225. The fraction of sp³-hybridized carbons (Fsp3) is 0.500. The van der Waals surface area contributed by atoms with E-state index >= 15 is 0 Å². The number of Topliss-reactive ketones (excluding diaryl/α,β-unsaturated/α-hetero) is 1. The van der Waals surface area contributed by atoms with Crippen LogP contribution in [0.4, 0.5) is 0 Å². The normalized spacial score (nSPS) is 39.6. The molecule has 0 aromatic heterocycles. The molecule has 0 bridgehead atoms. The van der Waals surface area contributed by atoms with Gasteiger partial charge >= 0.3 is 0 Å². The molecule has 1 saturated heterocycles. The third-order valence-corrected chi connectivity index (χ3v) is 6.92. The average molecular weight is 325 g/mol. The van der Waals surface area contributed by atoms with Crippen molar-refractivity contribution >= 4 is 11.7 Å². The molecule has 4 nitrogen and oxygen atoms in total. The predicted octanol–water partition coefficient (Wildman–Crippen LogP) is 2.99. The Kier molecular flexibility index (Phi) is 3.03. The summed E-state index contributed by atoms with van der Waals surface area (Å²) in [5.41, 5.74) is -0.219. The van der Waals surface area contributed by atoms with Gasteiger partial charge in [0.25, 0.3) is 0 Å². The zero-order valence-corrected chi connectivity index (χ0v) is 14.2. The average Bonchev–Trinajstić information content (AvgIpc) is 3.24. The predicted molar refractivity (Wildman–Crippen MR) is 90.5 cm³/mol. The molecule has 2 saturated carbocycles. The first-order chi connectivity index (χ1) is 11.5. The van der Waals surface area contributed by atoms with Crippen LogP contribution in [-0.2, 0) is 15.0 Å². The minimum Gasteiger partial charge on any atom is -0.515 e. The van der Waals surface area contributed by atoms with E-state index in [0.29, 0.717) is 25.1 Å². The molecule has 24 heavy (non-hydrogen) atoms. The molecule has 126 valence electrons. The van der Waals surface area contributed by atoms with Crippen molar-refractivity contribution in [3.8, 4) is 0 Å². The highest BCUT2D eigenvalue weighted by atomic mass is 16.2. The number of aliphatic hydroxyl groups is 1. The molecule has 2 aliphatic carbocycles. The van der Waals surface area contributed by atoms with Crippen LogP contribution in [0.2, 0.25) is 0 Å². The Morgan fingerprint density at radius 1 is 1.25 bits per heavy atom. The standard InChI is InChI=1S/C20H23NO3/c1-3-21-10-9-19-13-18(19,2)16(23)14(12-22)11-20(19,17(21)24)15-7-5-4-6-8-15/h4-8,12,22H,3,9-11,13H2,1-2H3/b14-12-/t18-,19-,20-/m0/s1. The molecule has 4 heteroatoms. The number of hydrogen-bond acceptors (Lipinski definition) is 3. The highest BCUT2D eigenvalue weighted by Gasteiger charge is 2.82. The van der Waals surface area contributed by atoms with E-state index in [9.17, 15) is 14.7 Å². The number of aliphatic hydroxyl groups excluding tert-OH is 1. The van der Waals surface area contributed by atoms with Gasteiger partial charge in [-0.1, -0.05) is 37.3 Å². The summed E-state index contributed by atoms with van der Waals surface area (Å²) in [5.74, 6) is 0.132. The molecule has 1 aromatic carbocycles. The SMILES string of the molecule is CCN1CC[C@]23C[C@@]2(C)C(=O)/C(=C\O)C[C@]3(c2ccccc2)C1=O. The quantitative estimate of drug-likeness (QED) is 0.672. The summed E-state index contributed by atoms with van der Waals surface area (Å²) in [6.07, 6.45) is 2.81. The monoisotopic (exact) mass is 325 g/mol. The summed E-state index contributed by atoms with van der Waals surface area (Å²) in [6, 6.07) is 9.86. The van der Waals surface area contributed by atoms with E-state index in [1.165, 1.54) is 0 Å². The number of likely N-dealkylation sites (N-methyl/N-ethyl adjacent to an activating group) is 1. The number of amides is 1. The minimum atomic E-state index is -0.736. The van der Waals surface area contributed by atoms with E-state index in [4.69, 9.17) is 0 Å². The Morgan fingerprint density at radius 2 is 1.96 bits per heavy atom. The van der Waals surface area contributed by atoms with Gasteiger partial charge in [0.05, 0.1) is 11.7 Å². The molecule has 1 amide bonds. The van der Waals surface area contributed by atoms with Crippen LogP contribution in [0.15, 0.2) is 42.2 Å². The first kappa shape index (κ1) is 15.4. The van der Waals surface area contributed by atoms with E-state index in [1.807, 2.05) is 49.1 Å². The maximum absolute atomic E-state index is 13.6. The van der Waals surface area contributed by atoms with Gasteiger partial charge in [-0.25, -0.2) is 0 Å². The molecule has 3 fully saturated rings. The van der Waals surface area contributed by atoms with Gasteiger partial charge in [-0.3, -0.25) is 9.59 Å². The third kappa shape index (κ3) is 1.50. The van der Waals surface area contributed by atoms with Crippen molar-refractivity contribution in [3.63, 3.8) is 0 Å². The fourth-order valence-electron chi connectivity index (χ4n) is 5.55. The molecular formula is C20H23NO3. The highest BCUT2D eigenvalue weighted by Crippen LogP contribution is 2.79. The first-order valence-corrected chi connectivity index (χ1v) is 8.70. The van der Waals surface area contributed by atoms with E-state index in [-0.39, 0.29) is 17.1 Å². The lowest BCUT2D eigenvalue weighted by Crippen LogP contribution is -2.61. The third-order valence-electron chi connectivity index (χ3n) is 6.92. The van der Waals surface area contributed by atoms with Crippen molar-refractivity contribution in [1.29, 1.82) is 0 Å². The maximum atomic E-state index is 13.6. The number of ketones is 1. The second-order valence-corrected chi connectivity index (χ2v) is 7.66. The number of carbonyl (C=O) groups is 2. The van der Waals surface area contributed by atoms with Crippen LogP contribution in [0.5, 0.6) is 0 Å². The summed E-state index contributed by atoms with van der Waals surface area (Å²) in [6.45, 7) is 5.36. The Morgan fingerprint density at radius 3 is 2.58 bits per heavy atom. The van der Waals surface area contributed by atoms with E-state index in [0.717, 1.165) is 24.7 Å². The maximum Gasteiger partial charge on any atom is 0.234 e. The van der Waals surface area contributed by atoms with Crippen LogP contribution < -0.4 is 0 Å². The number of likely N-dealkylation sites (tertiary alicyclic amines) is 1. The number of piperidine rings is 1. The van der Waals surface area contributed by atoms with Crippen molar-refractivity contribution in [1.82, 2.24) is 4.90 Å². The van der Waals surface area contributed by atoms with Gasteiger partial charge in [-0.05, 0) is 31.7 Å². The van der Waals surface area contributed by atoms with Gasteiger partial charge < -0.3 is 10.0 Å². The van der Waals surface area contributed by atoms with Crippen molar-refractivity contribution in [2.24, 2.45) is 10.8 Å². The van der Waals surface area contributed by atoms with Crippen LogP contribution in [0.3, 0.4) is 0 Å². The van der Waals surface area contributed by atoms with Gasteiger partial charge in [0.2, 0.25) is 5.91 Å². The lowest BCUT2D eigenvalue weighted by atomic mass is 9.54. The number of carbonyl (C=O) groups excluding carboxylic acids is 2. The van der Waals surface area contributed by atoms with Crippen molar-refractivity contribution < 1.29 is 14.7 Å². The summed E-state index contributed by atoms with van der Waals surface area (Å²) in [4.78, 5) is 28.3. The van der Waals surface area contributed by atoms with Gasteiger partial charge in [-0.15, -0.1) is 0 Å². The van der Waals surface area contributed by atoms with Crippen LogP contribution in [0, 0.1) is 10.8 Å². The Labute approximate surface area is 142 Å². The van der Waals surface area contributed by atoms with Gasteiger partial charge in [-0.2, -0.15) is 0 Å². The number of hydrogen-bond donors (Lipinski definition) is 1. The molecule has 0 unspecified atom stereocenters.